The molecule has 1 atom stereocenters. The Kier molecular flexibility index (Phi) is 5.62. The number of allylic oxidation sites excluding steroid dienone is 2. The van der Waals surface area contributed by atoms with Gasteiger partial charge >= 0.3 is 0 Å². The van der Waals surface area contributed by atoms with E-state index in [1.165, 1.54) is 0 Å². The van der Waals surface area contributed by atoms with Crippen LogP contribution in [0.5, 0.6) is 0 Å². The van der Waals surface area contributed by atoms with E-state index in [4.69, 9.17) is 0 Å². The van der Waals surface area contributed by atoms with Crippen LogP contribution in [0.2, 0.25) is 0 Å². The molecule has 0 saturated heterocycles. The number of carbonyl (C=O) groups excluding carboxylic acids is 1. The minimum Gasteiger partial charge on any atom is -0.349 e. The van der Waals surface area contributed by atoms with Gasteiger partial charge in [-0.3, -0.25) is 4.79 Å². The van der Waals surface area contributed by atoms with Crippen molar-refractivity contribution in [2.24, 2.45) is 10.3 Å². The Bertz CT molecular complexity index is 647. The third kappa shape index (κ3) is 4.92. The first-order chi connectivity index (χ1) is 10.8. The molecule has 2 aliphatic heterocycles. The van der Waals surface area contributed by atoms with Crippen LogP contribution in [-0.4, -0.2) is 43.4 Å². The maximum absolute atomic E-state index is 12.5. The van der Waals surface area contributed by atoms with E-state index in [1.54, 1.807) is 23.3 Å². The first-order valence-electron chi connectivity index (χ1n) is 8.07. The van der Waals surface area contributed by atoms with Gasteiger partial charge in [0, 0.05) is 18.8 Å². The van der Waals surface area contributed by atoms with E-state index in [0.717, 1.165) is 19.3 Å². The summed E-state index contributed by atoms with van der Waals surface area (Å²) in [5.41, 5.74) is 0.312. The highest BCUT2D eigenvalue weighted by Crippen LogP contribution is 2.18. The van der Waals surface area contributed by atoms with Crippen molar-refractivity contribution >= 4 is 21.8 Å². The highest BCUT2D eigenvalue weighted by atomic mass is 32.2. The monoisotopic (exact) mass is 339 g/mol. The zero-order chi connectivity index (χ0) is 17.0. The normalized spacial score (nSPS) is 20.6. The summed E-state index contributed by atoms with van der Waals surface area (Å²) in [4.78, 5) is 14.2. The van der Waals surface area contributed by atoms with Gasteiger partial charge in [0.2, 0.25) is 0 Å². The Morgan fingerprint density at radius 3 is 2.78 bits per heavy atom. The van der Waals surface area contributed by atoms with E-state index >= 15 is 0 Å². The average Bonchev–Trinajstić information content (AvgIpc) is 2.45. The molecule has 2 rings (SSSR count). The Balaban J connectivity index is 2.02. The molecule has 0 aromatic heterocycles. The van der Waals surface area contributed by atoms with Crippen LogP contribution < -0.4 is 5.32 Å². The van der Waals surface area contributed by atoms with Crippen molar-refractivity contribution in [3.05, 3.63) is 23.9 Å². The predicted octanol–water partition coefficient (Wildman–Crippen LogP) is 1.81. The first kappa shape index (κ1) is 17.7. The van der Waals surface area contributed by atoms with Crippen molar-refractivity contribution in [1.82, 2.24) is 10.2 Å². The lowest BCUT2D eigenvalue weighted by molar-refractivity contribution is -0.117. The molecule has 6 nitrogen and oxygen atoms in total. The molecule has 7 heteroatoms. The zero-order valence-corrected chi connectivity index (χ0v) is 14.8. The molecule has 0 aromatic rings. The average molecular weight is 339 g/mol. The molecule has 0 unspecified atom stereocenters. The Morgan fingerprint density at radius 1 is 1.35 bits per heavy atom. The van der Waals surface area contributed by atoms with Gasteiger partial charge in [0.15, 0.2) is 5.84 Å². The van der Waals surface area contributed by atoms with Crippen molar-refractivity contribution in [3.8, 4) is 0 Å². The fraction of sp³-hybridized carbons (Fsp3) is 0.625. The van der Waals surface area contributed by atoms with Crippen LogP contribution in [0.15, 0.2) is 28.3 Å². The second kappa shape index (κ2) is 7.29. The SMILES string of the molecule is CC(C)CCC[C@@H](C)NC(=O)C1=CC=CN2CCS(=O)(=O)N=C12. The topological polar surface area (TPSA) is 78.8 Å². The third-order valence-electron chi connectivity index (χ3n) is 3.90. The van der Waals surface area contributed by atoms with Crippen molar-refractivity contribution in [2.45, 2.75) is 46.1 Å². The number of hydrogen-bond donors (Lipinski definition) is 1. The predicted molar refractivity (Wildman–Crippen MR) is 91.4 cm³/mol. The van der Waals surface area contributed by atoms with Gasteiger partial charge in [-0.05, 0) is 31.4 Å². The fourth-order valence-electron chi connectivity index (χ4n) is 2.60. The van der Waals surface area contributed by atoms with Crippen molar-refractivity contribution in [2.75, 3.05) is 12.3 Å². The molecule has 1 N–H and O–H groups in total. The maximum atomic E-state index is 12.5. The number of rotatable bonds is 6. The van der Waals surface area contributed by atoms with E-state index in [9.17, 15) is 13.2 Å². The van der Waals surface area contributed by atoms with Crippen LogP contribution in [0, 0.1) is 5.92 Å². The van der Waals surface area contributed by atoms with Gasteiger partial charge in [-0.25, -0.2) is 8.42 Å². The van der Waals surface area contributed by atoms with Crippen LogP contribution in [0.1, 0.15) is 40.0 Å². The molecule has 0 saturated carbocycles. The largest absolute Gasteiger partial charge is 0.349 e. The van der Waals surface area contributed by atoms with E-state index in [2.05, 4.69) is 23.6 Å². The van der Waals surface area contributed by atoms with E-state index in [0.29, 0.717) is 18.0 Å². The van der Waals surface area contributed by atoms with Crippen LogP contribution in [0.3, 0.4) is 0 Å². The van der Waals surface area contributed by atoms with Crippen molar-refractivity contribution in [1.29, 1.82) is 0 Å². The lowest BCUT2D eigenvalue weighted by Gasteiger charge is -2.29. The molecule has 0 radical (unpaired) electrons. The molecular formula is C16H25N3O3S. The quantitative estimate of drug-likeness (QED) is 0.800. The number of hydrogen-bond acceptors (Lipinski definition) is 4. The second-order valence-electron chi connectivity index (χ2n) is 6.52. The van der Waals surface area contributed by atoms with E-state index in [1.807, 2.05) is 6.92 Å². The van der Waals surface area contributed by atoms with Gasteiger partial charge in [0.05, 0.1) is 11.3 Å². The number of nitrogens with zero attached hydrogens (tertiary/aromatic N) is 2. The van der Waals surface area contributed by atoms with Crippen LogP contribution >= 0.6 is 0 Å². The number of amidine groups is 1. The molecule has 0 fully saturated rings. The summed E-state index contributed by atoms with van der Waals surface area (Å²) in [5.74, 6) is 0.582. The zero-order valence-electron chi connectivity index (χ0n) is 13.9. The molecule has 0 spiro atoms. The summed E-state index contributed by atoms with van der Waals surface area (Å²) in [6.07, 6.45) is 8.20. The molecule has 0 aliphatic carbocycles. The van der Waals surface area contributed by atoms with Gasteiger partial charge in [-0.15, -0.1) is 4.40 Å². The molecule has 23 heavy (non-hydrogen) atoms. The summed E-state index contributed by atoms with van der Waals surface area (Å²) in [6, 6.07) is 0.0438. The summed E-state index contributed by atoms with van der Waals surface area (Å²) in [6.45, 7) is 6.65. The molecule has 2 aliphatic rings. The molecule has 0 aromatic carbocycles. The summed E-state index contributed by atoms with van der Waals surface area (Å²) in [5, 5.41) is 2.94. The highest BCUT2D eigenvalue weighted by molar-refractivity contribution is 7.90. The molecule has 1 amide bonds. The van der Waals surface area contributed by atoms with Crippen molar-refractivity contribution < 1.29 is 13.2 Å². The second-order valence-corrected chi connectivity index (χ2v) is 8.27. The minimum atomic E-state index is -3.48. The van der Waals surface area contributed by atoms with Gasteiger partial charge in [-0.2, -0.15) is 0 Å². The number of nitrogens with one attached hydrogen (secondary N) is 1. The maximum Gasteiger partial charge on any atom is 0.256 e. The Morgan fingerprint density at radius 2 is 2.09 bits per heavy atom. The van der Waals surface area contributed by atoms with Gasteiger partial charge < -0.3 is 10.2 Å². The molecule has 2 heterocycles. The Labute approximate surface area is 138 Å². The number of fused-ring (bicyclic) bond motifs is 1. The van der Waals surface area contributed by atoms with Gasteiger partial charge in [0.1, 0.15) is 0 Å². The number of carbonyl (C=O) groups is 1. The Hall–Kier alpha value is -1.63. The highest BCUT2D eigenvalue weighted by Gasteiger charge is 2.30. The fourth-order valence-corrected chi connectivity index (χ4v) is 3.58. The van der Waals surface area contributed by atoms with Gasteiger partial charge in [-0.1, -0.05) is 26.7 Å². The minimum absolute atomic E-state index is 0.0264. The van der Waals surface area contributed by atoms with Gasteiger partial charge in [0.25, 0.3) is 15.9 Å². The van der Waals surface area contributed by atoms with Crippen LogP contribution in [0.4, 0.5) is 0 Å². The first-order valence-corrected chi connectivity index (χ1v) is 9.68. The number of amides is 1. The third-order valence-corrected chi connectivity index (χ3v) is 5.05. The summed E-state index contributed by atoms with van der Waals surface area (Å²) < 4.78 is 27.2. The smallest absolute Gasteiger partial charge is 0.256 e. The van der Waals surface area contributed by atoms with E-state index < -0.39 is 10.0 Å². The lowest BCUT2D eigenvalue weighted by Crippen LogP contribution is -2.43. The standard InChI is InChI=1S/C16H25N3O3S/c1-12(2)6-4-7-13(3)17-16(20)14-8-5-9-19-10-11-23(21,22)18-15(14)19/h5,8-9,12-13H,4,6-7,10-11H2,1-3H3,(H,17,20)/t13-/m1/s1. The van der Waals surface area contributed by atoms with Crippen molar-refractivity contribution in [3.63, 3.8) is 0 Å². The van der Waals surface area contributed by atoms with E-state index in [-0.39, 0.29) is 23.5 Å². The number of sulfonamides is 1. The van der Waals surface area contributed by atoms with Crippen LogP contribution in [0.25, 0.3) is 0 Å². The molecule has 0 bridgehead atoms. The molecule has 128 valence electrons. The van der Waals surface area contributed by atoms with Crippen LogP contribution in [-0.2, 0) is 14.8 Å². The summed E-state index contributed by atoms with van der Waals surface area (Å²) >= 11 is 0. The summed E-state index contributed by atoms with van der Waals surface area (Å²) in [7, 11) is -3.48. The lowest BCUT2D eigenvalue weighted by atomic mass is 10.0. The molecular weight excluding hydrogens is 314 g/mol.